The zero-order valence-corrected chi connectivity index (χ0v) is 19.1. The van der Waals surface area contributed by atoms with E-state index in [0.717, 1.165) is 41.0 Å². The summed E-state index contributed by atoms with van der Waals surface area (Å²) in [6.07, 6.45) is 4.09. The van der Waals surface area contributed by atoms with Crippen LogP contribution in [0.15, 0.2) is 35.2 Å². The number of phenols is 1. The molecule has 0 aliphatic carbocycles. The lowest BCUT2D eigenvalue weighted by Gasteiger charge is -2.15. The highest BCUT2D eigenvalue weighted by molar-refractivity contribution is 7.99. The Labute approximate surface area is 188 Å². The average molecular weight is 446 g/mol. The van der Waals surface area contributed by atoms with Crippen LogP contribution in [0.1, 0.15) is 61.0 Å². The van der Waals surface area contributed by atoms with E-state index in [1.54, 1.807) is 30.8 Å². The van der Waals surface area contributed by atoms with Crippen molar-refractivity contribution in [3.63, 3.8) is 0 Å². The lowest BCUT2D eigenvalue weighted by Crippen LogP contribution is -2.04. The highest BCUT2D eigenvalue weighted by atomic mass is 35.5. The minimum Gasteiger partial charge on any atom is -0.507 e. The van der Waals surface area contributed by atoms with Gasteiger partial charge in [-0.2, -0.15) is 5.26 Å². The molecule has 4 nitrogen and oxygen atoms in total. The molecule has 2 rings (SSSR count). The Bertz CT molecular complexity index is 908. The Morgan fingerprint density at radius 3 is 2.70 bits per heavy atom. The van der Waals surface area contributed by atoms with Crippen LogP contribution in [0, 0.1) is 11.3 Å². The molecule has 30 heavy (non-hydrogen) atoms. The van der Waals surface area contributed by atoms with Crippen LogP contribution < -0.4 is 4.74 Å². The Hall–Kier alpha value is -2.16. The number of hydrogen-bond acceptors (Lipinski definition) is 5. The maximum Gasteiger partial charge on any atom is 0.166 e. The zero-order valence-electron chi connectivity index (χ0n) is 17.5. The van der Waals surface area contributed by atoms with Gasteiger partial charge in [0, 0.05) is 16.9 Å². The van der Waals surface area contributed by atoms with Crippen molar-refractivity contribution in [1.82, 2.24) is 0 Å². The molecule has 2 aromatic rings. The van der Waals surface area contributed by atoms with Crippen LogP contribution in [0.25, 0.3) is 0 Å². The van der Waals surface area contributed by atoms with E-state index in [4.69, 9.17) is 21.6 Å². The maximum absolute atomic E-state index is 12.0. The van der Waals surface area contributed by atoms with Crippen LogP contribution in [0.3, 0.4) is 0 Å². The summed E-state index contributed by atoms with van der Waals surface area (Å²) < 4.78 is 5.92. The molecular formula is C24H28ClNO3S. The first-order valence-electron chi connectivity index (χ1n) is 10.3. The summed E-state index contributed by atoms with van der Waals surface area (Å²) >= 11 is 7.98. The van der Waals surface area contributed by atoms with Gasteiger partial charge in [-0.3, -0.25) is 4.79 Å². The third-order valence-electron chi connectivity index (χ3n) is 4.69. The van der Waals surface area contributed by atoms with E-state index in [2.05, 4.69) is 6.07 Å². The van der Waals surface area contributed by atoms with Crippen LogP contribution in [-0.2, 0) is 12.8 Å². The molecule has 0 aliphatic heterocycles. The van der Waals surface area contributed by atoms with Crippen LogP contribution in [0.5, 0.6) is 11.5 Å². The molecule has 0 saturated heterocycles. The van der Waals surface area contributed by atoms with E-state index >= 15 is 0 Å². The molecule has 0 amide bonds. The number of halogens is 1. The van der Waals surface area contributed by atoms with Gasteiger partial charge in [0.05, 0.1) is 29.7 Å². The first-order valence-corrected chi connectivity index (χ1v) is 11.7. The fraction of sp³-hybridized carbons (Fsp3) is 0.417. The van der Waals surface area contributed by atoms with Crippen LogP contribution in [0.2, 0.25) is 5.02 Å². The molecule has 0 bridgehead atoms. The number of unbranched alkanes of at least 4 members (excludes halogenated alkanes) is 1. The normalized spacial score (nSPS) is 10.6. The Morgan fingerprint density at radius 1 is 1.23 bits per heavy atom. The Morgan fingerprint density at radius 2 is 2.03 bits per heavy atom. The molecule has 0 radical (unpaired) electrons. The van der Waals surface area contributed by atoms with Crippen molar-refractivity contribution < 1.29 is 14.6 Å². The summed E-state index contributed by atoms with van der Waals surface area (Å²) in [5, 5.41) is 20.0. The van der Waals surface area contributed by atoms with Crippen molar-refractivity contribution in [2.75, 3.05) is 12.4 Å². The minimum atomic E-state index is -0.0623. The van der Waals surface area contributed by atoms with E-state index in [9.17, 15) is 9.90 Å². The van der Waals surface area contributed by atoms with E-state index in [1.165, 1.54) is 0 Å². The number of ketones is 1. The molecule has 0 heterocycles. The molecule has 0 spiro atoms. The maximum atomic E-state index is 12.0. The molecule has 0 fully saturated rings. The zero-order chi connectivity index (χ0) is 21.9. The van der Waals surface area contributed by atoms with Gasteiger partial charge in [0.15, 0.2) is 5.78 Å². The summed E-state index contributed by atoms with van der Waals surface area (Å²) in [4.78, 5) is 13.0. The molecule has 2 aromatic carbocycles. The number of nitriles is 1. The number of Topliss-reactive ketones (excluding diaryl/α,β-unsaturated/α-hetero) is 1. The quantitative estimate of drug-likeness (QED) is 0.226. The van der Waals surface area contributed by atoms with Gasteiger partial charge in [0.25, 0.3) is 0 Å². The van der Waals surface area contributed by atoms with E-state index in [-0.39, 0.29) is 11.5 Å². The monoisotopic (exact) mass is 445 g/mol. The van der Waals surface area contributed by atoms with Crippen LogP contribution in [-0.4, -0.2) is 23.2 Å². The molecule has 0 unspecified atom stereocenters. The number of thioether (sulfide) groups is 1. The molecule has 0 atom stereocenters. The van der Waals surface area contributed by atoms with Gasteiger partial charge in [0.2, 0.25) is 0 Å². The molecule has 1 N–H and O–H groups in total. The van der Waals surface area contributed by atoms with E-state index < -0.39 is 0 Å². The highest BCUT2D eigenvalue weighted by Crippen LogP contribution is 2.34. The average Bonchev–Trinajstić information content (AvgIpc) is 2.74. The third-order valence-corrected chi connectivity index (χ3v) is 6.28. The lowest BCUT2D eigenvalue weighted by molar-refractivity contribution is 0.0985. The van der Waals surface area contributed by atoms with Gasteiger partial charge < -0.3 is 9.84 Å². The topological polar surface area (TPSA) is 70.3 Å². The summed E-state index contributed by atoms with van der Waals surface area (Å²) in [5.41, 5.74) is 2.02. The number of carbonyl (C=O) groups is 1. The number of carbonyl (C=O) groups excluding carboxylic acids is 1. The first-order chi connectivity index (χ1) is 14.5. The van der Waals surface area contributed by atoms with Crippen molar-refractivity contribution in [2.24, 2.45) is 0 Å². The second-order valence-electron chi connectivity index (χ2n) is 6.97. The first kappa shape index (κ1) is 24.1. The predicted octanol–water partition coefficient (Wildman–Crippen LogP) is 6.61. The summed E-state index contributed by atoms with van der Waals surface area (Å²) in [7, 11) is 0. The van der Waals surface area contributed by atoms with Crippen molar-refractivity contribution in [3.05, 3.63) is 52.0 Å². The molecule has 0 aliphatic rings. The number of ether oxygens (including phenoxy) is 1. The summed E-state index contributed by atoms with van der Waals surface area (Å²) in [6, 6.07) is 11.3. The summed E-state index contributed by atoms with van der Waals surface area (Å²) in [5.74, 6) is 1.57. The van der Waals surface area contributed by atoms with Crippen molar-refractivity contribution in [1.29, 1.82) is 5.26 Å². The molecule has 6 heteroatoms. The number of hydrogen-bond donors (Lipinski definition) is 1. The number of phenolic OH excluding ortho intramolecular Hbond substituents is 1. The lowest BCUT2D eigenvalue weighted by atomic mass is 10.00. The van der Waals surface area contributed by atoms with Crippen molar-refractivity contribution in [2.45, 2.75) is 57.3 Å². The second-order valence-corrected chi connectivity index (χ2v) is 8.51. The SMILES string of the molecule is CCCc1c(OCCCCSc2ccc(CC#N)cc2Cl)ccc(C(=O)CC)c1O. The van der Waals surface area contributed by atoms with Crippen LogP contribution >= 0.6 is 23.4 Å². The minimum absolute atomic E-state index is 0.0613. The van der Waals surface area contributed by atoms with Gasteiger partial charge in [-0.05, 0) is 54.8 Å². The molecular weight excluding hydrogens is 418 g/mol. The van der Waals surface area contributed by atoms with Crippen molar-refractivity contribution >= 4 is 29.1 Å². The standard InChI is InChI=1S/C24H28ClNO3S/c1-3-7-19-22(10-9-18(24(19)28)21(27)4-2)29-14-5-6-15-30-23-11-8-17(12-13-26)16-20(23)25/h8-11,16,28H,3-7,12,14-15H2,1-2H3. The fourth-order valence-electron chi connectivity index (χ4n) is 3.09. The second kappa shape index (κ2) is 12.5. The van der Waals surface area contributed by atoms with Gasteiger partial charge in [0.1, 0.15) is 11.5 Å². The smallest absolute Gasteiger partial charge is 0.166 e. The predicted molar refractivity (Wildman–Crippen MR) is 123 cm³/mol. The number of nitrogens with zero attached hydrogens (tertiary/aromatic N) is 1. The van der Waals surface area contributed by atoms with Gasteiger partial charge >= 0.3 is 0 Å². The van der Waals surface area contributed by atoms with Gasteiger partial charge in [-0.1, -0.05) is 37.9 Å². The fourth-order valence-corrected chi connectivity index (χ4v) is 4.39. The molecule has 160 valence electrons. The van der Waals surface area contributed by atoms with Gasteiger partial charge in [-0.15, -0.1) is 11.8 Å². The Balaban J connectivity index is 1.85. The highest BCUT2D eigenvalue weighted by Gasteiger charge is 2.17. The van der Waals surface area contributed by atoms with Crippen molar-refractivity contribution in [3.8, 4) is 17.6 Å². The molecule has 0 saturated carbocycles. The number of benzene rings is 2. The Kier molecular flexibility index (Phi) is 10.1. The summed E-state index contributed by atoms with van der Waals surface area (Å²) in [6.45, 7) is 4.37. The van der Waals surface area contributed by atoms with Gasteiger partial charge in [-0.25, -0.2) is 0 Å². The largest absolute Gasteiger partial charge is 0.507 e. The van der Waals surface area contributed by atoms with Crippen LogP contribution in [0.4, 0.5) is 0 Å². The number of rotatable bonds is 12. The third kappa shape index (κ3) is 6.68. The van der Waals surface area contributed by atoms with E-state index in [0.29, 0.717) is 42.2 Å². The van der Waals surface area contributed by atoms with E-state index in [1.807, 2.05) is 25.1 Å². The molecule has 0 aromatic heterocycles. The number of aromatic hydroxyl groups is 1.